The van der Waals surface area contributed by atoms with Crippen molar-refractivity contribution in [2.75, 3.05) is 7.11 Å². The van der Waals surface area contributed by atoms with Crippen molar-refractivity contribution in [3.05, 3.63) is 65.2 Å². The molecule has 3 rings (SSSR count). The topological polar surface area (TPSA) is 29.5 Å². The second kappa shape index (κ2) is 7.05. The number of benzene rings is 2. The summed E-state index contributed by atoms with van der Waals surface area (Å²) in [4.78, 5) is 0. The summed E-state index contributed by atoms with van der Waals surface area (Å²) < 4.78 is 5.50. The second-order valence-electron chi connectivity index (χ2n) is 8.24. The third-order valence-corrected chi connectivity index (χ3v) is 7.33. The van der Waals surface area contributed by atoms with Gasteiger partial charge in [-0.25, -0.2) is 0 Å². The molecule has 0 fully saturated rings. The Kier molecular flexibility index (Phi) is 5.13. The van der Waals surface area contributed by atoms with Gasteiger partial charge in [-0.1, -0.05) is 75.8 Å². The van der Waals surface area contributed by atoms with Gasteiger partial charge in [-0.15, -0.1) is 0 Å². The highest BCUT2D eigenvalue weighted by Crippen LogP contribution is 2.55. The minimum absolute atomic E-state index is 0.751. The number of unbranched alkanes of at least 4 members (excludes halogenated alkanes) is 1. The SMILES string of the molecule is CCCCC1(O)C(c2ccccc2)=C([Si](C)(C)C)c2cc(OC)ccc21. The Morgan fingerprint density at radius 3 is 2.31 bits per heavy atom. The Morgan fingerprint density at radius 1 is 1.04 bits per heavy atom. The Hall–Kier alpha value is -1.84. The first kappa shape index (κ1) is 18.9. The number of hydrogen-bond acceptors (Lipinski definition) is 2. The molecule has 0 radical (unpaired) electrons. The Labute approximate surface area is 158 Å². The number of hydrogen-bond donors (Lipinski definition) is 1. The van der Waals surface area contributed by atoms with Gasteiger partial charge in [0.2, 0.25) is 0 Å². The van der Waals surface area contributed by atoms with Crippen LogP contribution in [-0.2, 0) is 5.60 Å². The average Bonchev–Trinajstić information content (AvgIpc) is 2.89. The van der Waals surface area contributed by atoms with Crippen molar-refractivity contribution in [3.8, 4) is 5.75 Å². The van der Waals surface area contributed by atoms with E-state index in [9.17, 15) is 5.11 Å². The minimum Gasteiger partial charge on any atom is -0.497 e. The monoisotopic (exact) mass is 366 g/mol. The lowest BCUT2D eigenvalue weighted by molar-refractivity contribution is 0.0907. The van der Waals surface area contributed by atoms with Gasteiger partial charge >= 0.3 is 0 Å². The molecule has 0 bridgehead atoms. The number of fused-ring (bicyclic) bond motifs is 1. The molecule has 0 saturated carbocycles. The van der Waals surface area contributed by atoms with Gasteiger partial charge in [-0.3, -0.25) is 0 Å². The molecule has 0 heterocycles. The minimum atomic E-state index is -1.72. The van der Waals surface area contributed by atoms with Gasteiger partial charge in [0.1, 0.15) is 11.4 Å². The van der Waals surface area contributed by atoms with Crippen LogP contribution in [0.2, 0.25) is 19.6 Å². The molecule has 1 unspecified atom stereocenters. The summed E-state index contributed by atoms with van der Waals surface area (Å²) in [6.07, 6.45) is 2.82. The molecule has 1 atom stereocenters. The molecule has 1 N–H and O–H groups in total. The first-order valence-corrected chi connectivity index (χ1v) is 13.0. The van der Waals surface area contributed by atoms with E-state index in [4.69, 9.17) is 4.74 Å². The van der Waals surface area contributed by atoms with E-state index in [1.54, 1.807) is 7.11 Å². The van der Waals surface area contributed by atoms with Crippen molar-refractivity contribution in [3.63, 3.8) is 0 Å². The zero-order valence-electron chi connectivity index (χ0n) is 16.6. The van der Waals surface area contributed by atoms with E-state index in [1.165, 1.54) is 10.8 Å². The zero-order valence-corrected chi connectivity index (χ0v) is 17.6. The molecular formula is C23H30O2Si. The molecule has 0 amide bonds. The molecule has 0 saturated heterocycles. The molecule has 1 aliphatic carbocycles. The number of aliphatic hydroxyl groups is 1. The van der Waals surface area contributed by atoms with Gasteiger partial charge in [0.25, 0.3) is 0 Å². The molecule has 0 aromatic heterocycles. The summed E-state index contributed by atoms with van der Waals surface area (Å²) in [6, 6.07) is 16.6. The van der Waals surface area contributed by atoms with Crippen LogP contribution in [0, 0.1) is 0 Å². The van der Waals surface area contributed by atoms with E-state index in [2.05, 4.69) is 63.0 Å². The molecule has 2 aromatic carbocycles. The predicted molar refractivity (Wildman–Crippen MR) is 113 cm³/mol. The fourth-order valence-corrected chi connectivity index (χ4v) is 6.27. The highest BCUT2D eigenvalue weighted by molar-refractivity contribution is 6.95. The largest absolute Gasteiger partial charge is 0.497 e. The Morgan fingerprint density at radius 2 is 1.73 bits per heavy atom. The fourth-order valence-electron chi connectivity index (χ4n) is 4.15. The maximum atomic E-state index is 12.0. The van der Waals surface area contributed by atoms with Crippen LogP contribution < -0.4 is 4.74 Å². The zero-order chi connectivity index (χ0) is 18.9. The summed E-state index contributed by atoms with van der Waals surface area (Å²) in [5.74, 6) is 0.853. The van der Waals surface area contributed by atoms with E-state index >= 15 is 0 Å². The Balaban J connectivity index is 2.34. The van der Waals surface area contributed by atoms with Crippen LogP contribution in [0.25, 0.3) is 10.8 Å². The van der Waals surface area contributed by atoms with Crippen LogP contribution in [0.15, 0.2) is 48.5 Å². The average molecular weight is 367 g/mol. The van der Waals surface area contributed by atoms with Crippen molar-refractivity contribution in [2.24, 2.45) is 0 Å². The molecule has 26 heavy (non-hydrogen) atoms. The van der Waals surface area contributed by atoms with E-state index in [1.807, 2.05) is 12.1 Å². The standard InChI is InChI=1S/C23H30O2Si/c1-6-7-15-23(24)20-14-13-18(25-2)16-19(20)22(26(3,4)5)21(23)17-11-9-8-10-12-17/h8-14,16,24H,6-7,15H2,1-5H3. The van der Waals surface area contributed by atoms with E-state index in [0.717, 1.165) is 41.7 Å². The molecular weight excluding hydrogens is 336 g/mol. The molecule has 2 aromatic rings. The van der Waals surface area contributed by atoms with E-state index in [-0.39, 0.29) is 0 Å². The van der Waals surface area contributed by atoms with Gasteiger partial charge in [0.05, 0.1) is 15.2 Å². The third-order valence-electron chi connectivity index (χ3n) is 5.31. The highest BCUT2D eigenvalue weighted by Gasteiger charge is 2.46. The summed E-state index contributed by atoms with van der Waals surface area (Å²) in [5, 5.41) is 13.4. The lowest BCUT2D eigenvalue weighted by Gasteiger charge is -2.30. The van der Waals surface area contributed by atoms with Crippen LogP contribution in [0.4, 0.5) is 0 Å². The van der Waals surface area contributed by atoms with Crippen molar-refractivity contribution < 1.29 is 9.84 Å². The lowest BCUT2D eigenvalue weighted by Crippen LogP contribution is -2.27. The normalized spacial score (nSPS) is 19.6. The molecule has 2 nitrogen and oxygen atoms in total. The molecule has 3 heteroatoms. The Bertz CT molecular complexity index is 818. The first-order valence-electron chi connectivity index (χ1n) is 9.55. The molecule has 138 valence electrons. The van der Waals surface area contributed by atoms with Crippen LogP contribution in [0.3, 0.4) is 0 Å². The summed E-state index contributed by atoms with van der Waals surface area (Å²) in [5.41, 5.74) is 3.56. The van der Waals surface area contributed by atoms with Crippen LogP contribution in [-0.4, -0.2) is 20.3 Å². The van der Waals surface area contributed by atoms with Crippen LogP contribution in [0.1, 0.15) is 42.9 Å². The van der Waals surface area contributed by atoms with Crippen LogP contribution in [0.5, 0.6) is 5.75 Å². The number of rotatable bonds is 6. The molecule has 0 spiro atoms. The first-order chi connectivity index (χ1) is 12.3. The van der Waals surface area contributed by atoms with Crippen molar-refractivity contribution >= 4 is 18.8 Å². The van der Waals surface area contributed by atoms with Crippen LogP contribution >= 0.6 is 0 Å². The van der Waals surface area contributed by atoms with E-state index < -0.39 is 13.7 Å². The highest BCUT2D eigenvalue weighted by atomic mass is 28.3. The summed E-state index contributed by atoms with van der Waals surface area (Å²) >= 11 is 0. The maximum absolute atomic E-state index is 12.0. The van der Waals surface area contributed by atoms with Gasteiger partial charge in [0, 0.05) is 0 Å². The maximum Gasteiger partial charge on any atom is 0.119 e. The quantitative estimate of drug-likeness (QED) is 0.647. The predicted octanol–water partition coefficient (Wildman–Crippen LogP) is 5.87. The molecule has 1 aliphatic rings. The van der Waals surface area contributed by atoms with Gasteiger partial charge in [-0.05, 0) is 46.0 Å². The third kappa shape index (κ3) is 3.14. The van der Waals surface area contributed by atoms with Gasteiger partial charge < -0.3 is 9.84 Å². The number of methoxy groups -OCH3 is 1. The number of ether oxygens (including phenoxy) is 1. The smallest absolute Gasteiger partial charge is 0.119 e. The van der Waals surface area contributed by atoms with Crippen molar-refractivity contribution in [1.82, 2.24) is 0 Å². The van der Waals surface area contributed by atoms with Gasteiger partial charge in [0.15, 0.2) is 0 Å². The molecule has 0 aliphatic heterocycles. The van der Waals surface area contributed by atoms with Crippen molar-refractivity contribution in [1.29, 1.82) is 0 Å². The second-order valence-corrected chi connectivity index (χ2v) is 13.2. The lowest BCUT2D eigenvalue weighted by atomic mass is 9.82. The van der Waals surface area contributed by atoms with E-state index in [0.29, 0.717) is 0 Å². The fraction of sp³-hybridized carbons (Fsp3) is 0.391. The summed E-state index contributed by atoms with van der Waals surface area (Å²) in [6.45, 7) is 9.26. The van der Waals surface area contributed by atoms with Crippen molar-refractivity contribution in [2.45, 2.75) is 51.4 Å². The summed E-state index contributed by atoms with van der Waals surface area (Å²) in [7, 11) is -0.0166. The van der Waals surface area contributed by atoms with Gasteiger partial charge in [-0.2, -0.15) is 0 Å².